The number of Topliss-reactive ketones (excluding diaryl/α,β-unsaturated/α-hetero) is 1. The number of fused-ring (bicyclic) bond motifs is 1. The summed E-state index contributed by atoms with van der Waals surface area (Å²) in [5.41, 5.74) is 1.96. The SMILES string of the molecule is O=C(CC=C1[C@H](O)C[C@@H]2OC(=O)C[C@H]12)CCc1ccccc1. The van der Waals surface area contributed by atoms with Crippen LogP contribution >= 0.6 is 0 Å². The van der Waals surface area contributed by atoms with Crippen LogP contribution in [0.3, 0.4) is 0 Å². The largest absolute Gasteiger partial charge is 0.462 e. The maximum absolute atomic E-state index is 12.0. The highest BCUT2D eigenvalue weighted by Gasteiger charge is 2.45. The first kappa shape index (κ1) is 15.0. The normalized spacial score (nSPS) is 28.7. The Kier molecular flexibility index (Phi) is 4.39. The Morgan fingerprint density at radius 3 is 2.86 bits per heavy atom. The number of carbonyl (C=O) groups excluding carboxylic acids is 2. The Labute approximate surface area is 129 Å². The highest BCUT2D eigenvalue weighted by Crippen LogP contribution is 2.41. The predicted octanol–water partition coefficient (Wildman–Crippen LogP) is 2.20. The van der Waals surface area contributed by atoms with Crippen molar-refractivity contribution in [3.63, 3.8) is 0 Å². The van der Waals surface area contributed by atoms with E-state index < -0.39 is 6.10 Å². The standard InChI is InChI=1S/C18H20O4/c19-13(7-6-12-4-2-1-3-5-12)8-9-14-15-10-18(21)22-17(15)11-16(14)20/h1-5,9,15-17,20H,6-8,10-11H2/t15-,16-,17+/m1/s1. The van der Waals surface area contributed by atoms with E-state index in [0.29, 0.717) is 25.7 Å². The van der Waals surface area contributed by atoms with E-state index in [1.165, 1.54) is 0 Å². The van der Waals surface area contributed by atoms with Gasteiger partial charge in [0.05, 0.1) is 12.5 Å². The molecular weight excluding hydrogens is 280 g/mol. The van der Waals surface area contributed by atoms with Crippen molar-refractivity contribution in [2.75, 3.05) is 0 Å². The number of ketones is 1. The number of aliphatic hydroxyl groups excluding tert-OH is 1. The zero-order valence-electron chi connectivity index (χ0n) is 12.4. The molecule has 0 spiro atoms. The number of carbonyl (C=O) groups is 2. The topological polar surface area (TPSA) is 63.6 Å². The molecule has 1 N–H and O–H groups in total. The van der Waals surface area contributed by atoms with Crippen LogP contribution in [-0.4, -0.2) is 29.1 Å². The first-order valence-electron chi connectivity index (χ1n) is 7.76. The molecule has 1 aromatic carbocycles. The van der Waals surface area contributed by atoms with Crippen LogP contribution in [0.2, 0.25) is 0 Å². The molecule has 3 atom stereocenters. The van der Waals surface area contributed by atoms with Gasteiger partial charge in [-0.2, -0.15) is 0 Å². The van der Waals surface area contributed by atoms with E-state index in [4.69, 9.17) is 4.74 Å². The Bertz CT molecular complexity index is 590. The van der Waals surface area contributed by atoms with Gasteiger partial charge in [0.2, 0.25) is 0 Å². The van der Waals surface area contributed by atoms with Crippen molar-refractivity contribution < 1.29 is 19.4 Å². The van der Waals surface area contributed by atoms with Crippen molar-refractivity contribution in [2.24, 2.45) is 5.92 Å². The Hall–Kier alpha value is -1.94. The van der Waals surface area contributed by atoms with Crippen LogP contribution < -0.4 is 0 Å². The number of rotatable bonds is 5. The molecule has 1 aliphatic heterocycles. The quantitative estimate of drug-likeness (QED) is 0.669. The van der Waals surface area contributed by atoms with Gasteiger partial charge in [0.15, 0.2) is 0 Å². The van der Waals surface area contributed by atoms with Gasteiger partial charge < -0.3 is 9.84 Å². The van der Waals surface area contributed by atoms with Gasteiger partial charge in [0, 0.05) is 25.2 Å². The highest BCUT2D eigenvalue weighted by atomic mass is 16.6. The zero-order valence-corrected chi connectivity index (χ0v) is 12.4. The smallest absolute Gasteiger partial charge is 0.306 e. The van der Waals surface area contributed by atoms with E-state index in [1.54, 1.807) is 0 Å². The Morgan fingerprint density at radius 1 is 1.32 bits per heavy atom. The van der Waals surface area contributed by atoms with Crippen molar-refractivity contribution in [1.82, 2.24) is 0 Å². The van der Waals surface area contributed by atoms with Crippen LogP contribution in [0.1, 0.15) is 31.2 Å². The van der Waals surface area contributed by atoms with Crippen LogP contribution in [0.5, 0.6) is 0 Å². The zero-order chi connectivity index (χ0) is 15.5. The third kappa shape index (κ3) is 3.28. The number of hydrogen-bond acceptors (Lipinski definition) is 4. The summed E-state index contributed by atoms with van der Waals surface area (Å²) in [6.45, 7) is 0. The second-order valence-electron chi connectivity index (χ2n) is 6.02. The van der Waals surface area contributed by atoms with E-state index in [2.05, 4.69) is 0 Å². The summed E-state index contributed by atoms with van der Waals surface area (Å²) >= 11 is 0. The van der Waals surface area contributed by atoms with Gasteiger partial charge in [-0.3, -0.25) is 9.59 Å². The van der Waals surface area contributed by atoms with E-state index in [-0.39, 0.29) is 23.8 Å². The first-order valence-corrected chi connectivity index (χ1v) is 7.76. The van der Waals surface area contributed by atoms with Crippen molar-refractivity contribution in [3.05, 3.63) is 47.5 Å². The number of esters is 1. The molecule has 22 heavy (non-hydrogen) atoms. The molecule has 1 saturated heterocycles. The number of ether oxygens (including phenoxy) is 1. The summed E-state index contributed by atoms with van der Waals surface area (Å²) < 4.78 is 5.17. The summed E-state index contributed by atoms with van der Waals surface area (Å²) in [5.74, 6) is -0.0927. The van der Waals surface area contributed by atoms with Gasteiger partial charge in [0.25, 0.3) is 0 Å². The second kappa shape index (κ2) is 6.44. The van der Waals surface area contributed by atoms with Gasteiger partial charge in [0.1, 0.15) is 11.9 Å². The predicted molar refractivity (Wildman–Crippen MR) is 81.1 cm³/mol. The van der Waals surface area contributed by atoms with E-state index in [9.17, 15) is 14.7 Å². The molecule has 0 amide bonds. The average Bonchev–Trinajstić information content (AvgIpc) is 2.99. The van der Waals surface area contributed by atoms with Gasteiger partial charge in [-0.15, -0.1) is 0 Å². The molecule has 0 radical (unpaired) electrons. The van der Waals surface area contributed by atoms with Crippen LogP contribution in [-0.2, 0) is 20.7 Å². The van der Waals surface area contributed by atoms with Crippen molar-refractivity contribution in [2.45, 2.75) is 44.3 Å². The van der Waals surface area contributed by atoms with Crippen molar-refractivity contribution >= 4 is 11.8 Å². The lowest BCUT2D eigenvalue weighted by molar-refractivity contribution is -0.141. The van der Waals surface area contributed by atoms with E-state index >= 15 is 0 Å². The molecule has 0 aromatic heterocycles. The molecule has 1 saturated carbocycles. The van der Waals surface area contributed by atoms with Crippen molar-refractivity contribution in [1.29, 1.82) is 0 Å². The molecule has 2 aliphatic rings. The second-order valence-corrected chi connectivity index (χ2v) is 6.02. The van der Waals surface area contributed by atoms with Gasteiger partial charge in [-0.1, -0.05) is 36.4 Å². The van der Waals surface area contributed by atoms with Crippen LogP contribution in [0, 0.1) is 5.92 Å². The summed E-state index contributed by atoms with van der Waals surface area (Å²) in [7, 11) is 0. The fraction of sp³-hybridized carbons (Fsp3) is 0.444. The summed E-state index contributed by atoms with van der Waals surface area (Å²) in [6.07, 6.45) is 3.36. The fourth-order valence-corrected chi connectivity index (χ4v) is 3.31. The Morgan fingerprint density at radius 2 is 2.09 bits per heavy atom. The minimum absolute atomic E-state index is 0.0376. The maximum atomic E-state index is 12.0. The third-order valence-corrected chi connectivity index (χ3v) is 4.49. The Balaban J connectivity index is 1.54. The average molecular weight is 300 g/mol. The van der Waals surface area contributed by atoms with E-state index in [0.717, 1.165) is 17.6 Å². The molecule has 0 bridgehead atoms. The lowest BCUT2D eigenvalue weighted by Gasteiger charge is -2.08. The minimum atomic E-state index is -0.579. The number of allylic oxidation sites excluding steroid dienone is 1. The minimum Gasteiger partial charge on any atom is -0.462 e. The summed E-state index contributed by atoms with van der Waals surface area (Å²) in [5, 5.41) is 10.0. The molecule has 116 valence electrons. The molecule has 0 unspecified atom stereocenters. The monoisotopic (exact) mass is 300 g/mol. The molecule has 4 heteroatoms. The lowest BCUT2D eigenvalue weighted by atomic mass is 9.96. The molecule has 1 aromatic rings. The van der Waals surface area contributed by atoms with Crippen LogP contribution in [0.25, 0.3) is 0 Å². The van der Waals surface area contributed by atoms with Crippen LogP contribution in [0.4, 0.5) is 0 Å². The van der Waals surface area contributed by atoms with E-state index in [1.807, 2.05) is 36.4 Å². The number of hydrogen-bond donors (Lipinski definition) is 1. The molecule has 2 fully saturated rings. The van der Waals surface area contributed by atoms with Gasteiger partial charge in [-0.05, 0) is 17.6 Å². The molecular formula is C18H20O4. The molecule has 4 nitrogen and oxygen atoms in total. The van der Waals surface area contributed by atoms with Gasteiger partial charge in [-0.25, -0.2) is 0 Å². The first-order chi connectivity index (χ1) is 10.6. The fourth-order valence-electron chi connectivity index (χ4n) is 3.31. The number of benzene rings is 1. The molecule has 1 aliphatic carbocycles. The highest BCUT2D eigenvalue weighted by molar-refractivity contribution is 5.80. The lowest BCUT2D eigenvalue weighted by Crippen LogP contribution is -2.09. The van der Waals surface area contributed by atoms with Crippen molar-refractivity contribution in [3.8, 4) is 0 Å². The number of aryl methyl sites for hydroxylation is 1. The summed E-state index contributed by atoms with van der Waals surface area (Å²) in [6, 6.07) is 9.91. The molecule has 3 rings (SSSR count). The molecule has 1 heterocycles. The van der Waals surface area contributed by atoms with Crippen LogP contribution in [0.15, 0.2) is 42.0 Å². The van der Waals surface area contributed by atoms with Gasteiger partial charge >= 0.3 is 5.97 Å². The number of aliphatic hydroxyl groups is 1. The maximum Gasteiger partial charge on any atom is 0.306 e. The third-order valence-electron chi connectivity index (χ3n) is 4.49. The summed E-state index contributed by atoms with van der Waals surface area (Å²) in [4.78, 5) is 23.3.